The summed E-state index contributed by atoms with van der Waals surface area (Å²) in [5.41, 5.74) is 3.83. The summed E-state index contributed by atoms with van der Waals surface area (Å²) in [6, 6.07) is 16.2. The third-order valence-corrected chi connectivity index (χ3v) is 7.25. The number of fused-ring (bicyclic) bond motifs is 1. The van der Waals surface area contributed by atoms with Crippen molar-refractivity contribution in [3.63, 3.8) is 0 Å². The first-order valence-corrected chi connectivity index (χ1v) is 12.4. The molecule has 0 atom stereocenters. The van der Waals surface area contributed by atoms with Gasteiger partial charge in [0.1, 0.15) is 0 Å². The Hall–Kier alpha value is -3.10. The number of likely N-dealkylation sites (tertiary alicyclic amines) is 1. The number of likely N-dealkylation sites (N-methyl/N-ethyl adjacent to an activating group) is 1. The number of H-pyrrole nitrogens is 1. The van der Waals surface area contributed by atoms with Crippen molar-refractivity contribution >= 4 is 28.3 Å². The van der Waals surface area contributed by atoms with Crippen LogP contribution in [0, 0.1) is 0 Å². The number of nitrogens with one attached hydrogen (secondary N) is 2. The lowest BCUT2D eigenvalue weighted by Gasteiger charge is -2.35. The van der Waals surface area contributed by atoms with Crippen molar-refractivity contribution in [2.24, 2.45) is 0 Å². The number of para-hydroxylation sites is 2. The molecule has 1 aromatic heterocycles. The number of piperidine rings is 1. The number of carbonyl (C=O) groups excluding carboxylic acids is 1. The molecule has 0 spiro atoms. The molecule has 1 amide bonds. The standard InChI is InChI=1S/C26H34N6O2/c1-2-29-15-17-31(18-16-29)21-9-7-20(8-10-21)27-25(33)19-30-13-11-22(12-14-30)32-24-6-4-3-5-23(24)28-26(32)34/h3-10,22H,2,11-19H2,1H3,(H,27,33)(H,28,34). The fourth-order valence-electron chi connectivity index (χ4n) is 5.25. The molecule has 0 bridgehead atoms. The molecule has 0 radical (unpaired) electrons. The Kier molecular flexibility index (Phi) is 6.69. The number of anilines is 2. The van der Waals surface area contributed by atoms with Gasteiger partial charge in [0.15, 0.2) is 0 Å². The van der Waals surface area contributed by atoms with E-state index in [1.54, 1.807) is 0 Å². The van der Waals surface area contributed by atoms with E-state index in [1.165, 1.54) is 5.69 Å². The zero-order valence-corrected chi connectivity index (χ0v) is 19.9. The highest BCUT2D eigenvalue weighted by Crippen LogP contribution is 2.25. The van der Waals surface area contributed by atoms with E-state index in [1.807, 2.05) is 41.0 Å². The Labute approximate surface area is 200 Å². The number of nitrogens with zero attached hydrogens (tertiary/aromatic N) is 4. The van der Waals surface area contributed by atoms with Crippen LogP contribution in [0.2, 0.25) is 0 Å². The predicted octanol–water partition coefficient (Wildman–Crippen LogP) is 2.75. The maximum atomic E-state index is 12.6. The van der Waals surface area contributed by atoms with E-state index in [4.69, 9.17) is 0 Å². The molecule has 180 valence electrons. The van der Waals surface area contributed by atoms with Crippen LogP contribution in [0.5, 0.6) is 0 Å². The van der Waals surface area contributed by atoms with Crippen LogP contribution >= 0.6 is 0 Å². The molecule has 2 aliphatic rings. The van der Waals surface area contributed by atoms with Crippen LogP contribution in [0.4, 0.5) is 11.4 Å². The average Bonchev–Trinajstić information content (AvgIpc) is 3.21. The second-order valence-electron chi connectivity index (χ2n) is 9.34. The van der Waals surface area contributed by atoms with Gasteiger partial charge in [0.05, 0.1) is 17.6 Å². The predicted molar refractivity (Wildman–Crippen MR) is 137 cm³/mol. The molecule has 0 unspecified atom stereocenters. The van der Waals surface area contributed by atoms with E-state index >= 15 is 0 Å². The van der Waals surface area contributed by atoms with Crippen LogP contribution in [0.25, 0.3) is 11.0 Å². The first-order valence-electron chi connectivity index (χ1n) is 12.4. The SMILES string of the molecule is CCN1CCN(c2ccc(NC(=O)CN3CCC(n4c(=O)[nH]c5ccccc54)CC3)cc2)CC1. The van der Waals surface area contributed by atoms with Crippen molar-refractivity contribution in [1.82, 2.24) is 19.4 Å². The van der Waals surface area contributed by atoms with Crippen LogP contribution in [0.15, 0.2) is 53.3 Å². The van der Waals surface area contributed by atoms with Crippen molar-refractivity contribution in [1.29, 1.82) is 0 Å². The molecule has 3 heterocycles. The summed E-state index contributed by atoms with van der Waals surface area (Å²) < 4.78 is 1.89. The smallest absolute Gasteiger partial charge is 0.326 e. The van der Waals surface area contributed by atoms with Gasteiger partial charge >= 0.3 is 5.69 Å². The molecule has 8 heteroatoms. The number of carbonyl (C=O) groups is 1. The highest BCUT2D eigenvalue weighted by molar-refractivity contribution is 5.92. The third kappa shape index (κ3) is 4.88. The molecule has 0 saturated carbocycles. The summed E-state index contributed by atoms with van der Waals surface area (Å²) in [4.78, 5) is 35.1. The first kappa shape index (κ1) is 22.7. The largest absolute Gasteiger partial charge is 0.369 e. The molecule has 34 heavy (non-hydrogen) atoms. The fourth-order valence-corrected chi connectivity index (χ4v) is 5.25. The van der Waals surface area contributed by atoms with Gasteiger partial charge in [-0.2, -0.15) is 0 Å². The summed E-state index contributed by atoms with van der Waals surface area (Å²) in [6.45, 7) is 9.57. The summed E-state index contributed by atoms with van der Waals surface area (Å²) >= 11 is 0. The molecule has 2 aliphatic heterocycles. The van der Waals surface area contributed by atoms with E-state index < -0.39 is 0 Å². The maximum absolute atomic E-state index is 12.6. The number of aromatic nitrogens is 2. The Morgan fingerprint density at radius 3 is 2.35 bits per heavy atom. The molecular weight excluding hydrogens is 428 g/mol. The average molecular weight is 463 g/mol. The van der Waals surface area contributed by atoms with E-state index in [9.17, 15) is 9.59 Å². The van der Waals surface area contributed by atoms with Gasteiger partial charge in [-0.1, -0.05) is 19.1 Å². The second-order valence-corrected chi connectivity index (χ2v) is 9.34. The molecule has 2 saturated heterocycles. The summed E-state index contributed by atoms with van der Waals surface area (Å²) in [7, 11) is 0. The van der Waals surface area contributed by atoms with Crippen molar-refractivity contribution in [3.8, 4) is 0 Å². The minimum atomic E-state index is -0.0481. The van der Waals surface area contributed by atoms with Crippen LogP contribution in [0.1, 0.15) is 25.8 Å². The van der Waals surface area contributed by atoms with Gasteiger partial charge in [-0.25, -0.2) is 4.79 Å². The number of aromatic amines is 1. The lowest BCUT2D eigenvalue weighted by Crippen LogP contribution is -2.46. The molecule has 5 rings (SSSR count). The number of amides is 1. The van der Waals surface area contributed by atoms with Crippen LogP contribution < -0.4 is 15.9 Å². The number of rotatable bonds is 6. The number of piperazine rings is 1. The summed E-state index contributed by atoms with van der Waals surface area (Å²) in [5.74, 6) is 0.00650. The van der Waals surface area contributed by atoms with E-state index in [2.05, 4.69) is 44.1 Å². The quantitative estimate of drug-likeness (QED) is 0.589. The molecule has 8 nitrogen and oxygen atoms in total. The molecule has 0 aliphatic carbocycles. The summed E-state index contributed by atoms with van der Waals surface area (Å²) in [5, 5.41) is 3.04. The molecule has 3 aromatic rings. The Bertz CT molecular complexity index is 1170. The minimum absolute atomic E-state index is 0.00650. The van der Waals surface area contributed by atoms with Crippen LogP contribution in [0.3, 0.4) is 0 Å². The number of benzene rings is 2. The highest BCUT2D eigenvalue weighted by Gasteiger charge is 2.24. The Balaban J connectivity index is 1.11. The van der Waals surface area contributed by atoms with E-state index in [-0.39, 0.29) is 17.6 Å². The van der Waals surface area contributed by atoms with Crippen LogP contribution in [-0.2, 0) is 4.79 Å². The zero-order valence-electron chi connectivity index (χ0n) is 19.9. The normalized spacial score (nSPS) is 18.4. The molecule has 2 fully saturated rings. The monoisotopic (exact) mass is 462 g/mol. The van der Waals surface area contributed by atoms with Gasteiger partial charge in [0.2, 0.25) is 5.91 Å². The van der Waals surface area contributed by atoms with Crippen LogP contribution in [-0.4, -0.2) is 77.6 Å². The zero-order chi connectivity index (χ0) is 23.5. The number of hydrogen-bond donors (Lipinski definition) is 2. The van der Waals surface area contributed by atoms with E-state index in [0.717, 1.165) is 75.4 Å². The topological polar surface area (TPSA) is 76.6 Å². The van der Waals surface area contributed by atoms with Gasteiger partial charge in [-0.15, -0.1) is 0 Å². The fraction of sp³-hybridized carbons (Fsp3) is 0.462. The minimum Gasteiger partial charge on any atom is -0.369 e. The van der Waals surface area contributed by atoms with Gasteiger partial charge < -0.3 is 20.1 Å². The Morgan fingerprint density at radius 1 is 0.941 bits per heavy atom. The molecule has 2 N–H and O–H groups in total. The Morgan fingerprint density at radius 2 is 1.65 bits per heavy atom. The lowest BCUT2D eigenvalue weighted by atomic mass is 10.0. The maximum Gasteiger partial charge on any atom is 0.326 e. The van der Waals surface area contributed by atoms with Crippen molar-refractivity contribution in [3.05, 3.63) is 59.0 Å². The van der Waals surface area contributed by atoms with Gasteiger partial charge in [0, 0.05) is 56.7 Å². The highest BCUT2D eigenvalue weighted by atomic mass is 16.2. The van der Waals surface area contributed by atoms with Gasteiger partial charge in [0.25, 0.3) is 0 Å². The number of hydrogen-bond acceptors (Lipinski definition) is 5. The van der Waals surface area contributed by atoms with Gasteiger partial charge in [-0.05, 0) is 55.8 Å². The second kappa shape index (κ2) is 10.0. The van der Waals surface area contributed by atoms with Crippen molar-refractivity contribution < 1.29 is 4.79 Å². The molecular formula is C26H34N6O2. The lowest BCUT2D eigenvalue weighted by molar-refractivity contribution is -0.117. The third-order valence-electron chi connectivity index (χ3n) is 7.25. The van der Waals surface area contributed by atoms with Crippen molar-refractivity contribution in [2.45, 2.75) is 25.8 Å². The van der Waals surface area contributed by atoms with E-state index in [0.29, 0.717) is 6.54 Å². The summed E-state index contributed by atoms with van der Waals surface area (Å²) in [6.07, 6.45) is 1.71. The van der Waals surface area contributed by atoms with Gasteiger partial charge in [-0.3, -0.25) is 14.3 Å². The first-order chi connectivity index (χ1) is 16.6. The number of imidazole rings is 1. The van der Waals surface area contributed by atoms with Crippen molar-refractivity contribution in [2.75, 3.05) is 62.6 Å². The molecule has 2 aromatic carbocycles.